The standard InChI is InChI=1S/2C14H14O3/c2*1-14(2)8-7-10-12(15)9-5-3-4-6-11(9)16-13(10)17-14/h2*3-6H,7-8H2,1-2H3. The van der Waals surface area contributed by atoms with Gasteiger partial charge < -0.3 is 18.3 Å². The molecule has 2 aromatic heterocycles. The SMILES string of the molecule is CC1(C)CCc2c(oc3ccccc3c2=O)O1.CC1(C)CCc2c(oc3ccccc3c2=O)O1. The van der Waals surface area contributed by atoms with Crippen LogP contribution >= 0.6 is 0 Å². The van der Waals surface area contributed by atoms with Crippen molar-refractivity contribution in [3.05, 3.63) is 80.1 Å². The van der Waals surface area contributed by atoms with Crippen LogP contribution in [0, 0.1) is 0 Å². The Hall–Kier alpha value is -3.54. The van der Waals surface area contributed by atoms with Gasteiger partial charge in [-0.05, 0) is 77.6 Å². The van der Waals surface area contributed by atoms with E-state index in [0.717, 1.165) is 25.7 Å². The minimum atomic E-state index is -0.259. The highest BCUT2D eigenvalue weighted by atomic mass is 16.6. The van der Waals surface area contributed by atoms with Gasteiger partial charge in [0.15, 0.2) is 10.9 Å². The summed E-state index contributed by atoms with van der Waals surface area (Å²) >= 11 is 0. The number of benzene rings is 2. The van der Waals surface area contributed by atoms with E-state index in [9.17, 15) is 9.59 Å². The van der Waals surface area contributed by atoms with E-state index in [1.165, 1.54) is 0 Å². The molecule has 2 aliphatic rings. The molecule has 0 atom stereocenters. The zero-order chi connectivity index (χ0) is 24.1. The minimum absolute atomic E-state index is 0.0392. The summed E-state index contributed by atoms with van der Waals surface area (Å²) in [5.41, 5.74) is 2.08. The van der Waals surface area contributed by atoms with Gasteiger partial charge in [-0.1, -0.05) is 24.3 Å². The average Bonchev–Trinajstić information content (AvgIpc) is 2.78. The van der Waals surface area contributed by atoms with Crippen LogP contribution in [0.1, 0.15) is 51.7 Å². The zero-order valence-electron chi connectivity index (χ0n) is 19.9. The maximum absolute atomic E-state index is 12.2. The van der Waals surface area contributed by atoms with Gasteiger partial charge in [-0.3, -0.25) is 9.59 Å². The first-order chi connectivity index (χ1) is 16.1. The van der Waals surface area contributed by atoms with Gasteiger partial charge in [0.2, 0.25) is 0 Å². The van der Waals surface area contributed by atoms with Gasteiger partial charge in [0.1, 0.15) is 22.4 Å². The van der Waals surface area contributed by atoms with Crippen molar-refractivity contribution < 1.29 is 18.3 Å². The summed E-state index contributed by atoms with van der Waals surface area (Å²) in [6.45, 7) is 8.02. The van der Waals surface area contributed by atoms with E-state index in [1.54, 1.807) is 24.3 Å². The van der Waals surface area contributed by atoms with Gasteiger partial charge in [0, 0.05) is 0 Å². The molecule has 6 rings (SSSR count). The Morgan fingerprint density at radius 3 is 1.41 bits per heavy atom. The fraction of sp³-hybridized carbons (Fsp3) is 0.357. The van der Waals surface area contributed by atoms with E-state index in [2.05, 4.69) is 0 Å². The molecule has 0 radical (unpaired) electrons. The second-order valence-corrected chi connectivity index (χ2v) is 10.1. The molecule has 0 aliphatic carbocycles. The first-order valence-corrected chi connectivity index (χ1v) is 11.6. The summed E-state index contributed by atoms with van der Waals surface area (Å²) in [5, 5.41) is 1.27. The Morgan fingerprint density at radius 2 is 1.00 bits per heavy atom. The lowest BCUT2D eigenvalue weighted by molar-refractivity contribution is 0.0527. The Balaban J connectivity index is 0.000000142. The molecular formula is C28H28O6. The van der Waals surface area contributed by atoms with Crippen LogP contribution < -0.4 is 20.3 Å². The average molecular weight is 461 g/mol. The van der Waals surface area contributed by atoms with Crippen LogP contribution in [0.4, 0.5) is 0 Å². The van der Waals surface area contributed by atoms with Gasteiger partial charge in [-0.25, -0.2) is 0 Å². The van der Waals surface area contributed by atoms with Crippen molar-refractivity contribution >= 4 is 21.9 Å². The number of hydrogen-bond donors (Lipinski definition) is 0. The van der Waals surface area contributed by atoms with Crippen molar-refractivity contribution in [1.82, 2.24) is 0 Å². The van der Waals surface area contributed by atoms with Crippen LogP contribution in [-0.2, 0) is 12.8 Å². The molecule has 2 aliphatic heterocycles. The summed E-state index contributed by atoms with van der Waals surface area (Å²) in [5.74, 6) is 0.787. The molecule has 0 saturated carbocycles. The predicted octanol–water partition coefficient (Wildman–Crippen LogP) is 5.79. The van der Waals surface area contributed by atoms with Crippen LogP contribution in [0.15, 0.2) is 67.0 Å². The van der Waals surface area contributed by atoms with Gasteiger partial charge in [-0.15, -0.1) is 0 Å². The van der Waals surface area contributed by atoms with E-state index in [0.29, 0.717) is 45.0 Å². The lowest BCUT2D eigenvalue weighted by Crippen LogP contribution is -2.34. The molecule has 34 heavy (non-hydrogen) atoms. The van der Waals surface area contributed by atoms with E-state index in [-0.39, 0.29) is 22.1 Å². The first-order valence-electron chi connectivity index (χ1n) is 11.6. The molecule has 0 amide bonds. The summed E-state index contributed by atoms with van der Waals surface area (Å²) < 4.78 is 22.8. The molecule has 4 aromatic rings. The Labute approximate surface area is 197 Å². The highest BCUT2D eigenvalue weighted by Gasteiger charge is 2.31. The van der Waals surface area contributed by atoms with Crippen molar-refractivity contribution in [2.75, 3.05) is 0 Å². The van der Waals surface area contributed by atoms with Crippen LogP contribution in [-0.4, -0.2) is 11.2 Å². The van der Waals surface area contributed by atoms with Gasteiger partial charge in [-0.2, -0.15) is 0 Å². The van der Waals surface area contributed by atoms with Crippen LogP contribution in [0.5, 0.6) is 11.9 Å². The normalized spacial score (nSPS) is 17.5. The zero-order valence-corrected chi connectivity index (χ0v) is 19.9. The number of ether oxygens (including phenoxy) is 2. The number of hydrogen-bond acceptors (Lipinski definition) is 6. The molecule has 2 aromatic carbocycles. The molecule has 0 N–H and O–H groups in total. The van der Waals surface area contributed by atoms with Crippen molar-refractivity contribution in [3.8, 4) is 11.9 Å². The Kier molecular flexibility index (Phi) is 5.27. The van der Waals surface area contributed by atoms with Crippen molar-refractivity contribution in [2.45, 2.75) is 64.6 Å². The lowest BCUT2D eigenvalue weighted by atomic mass is 9.95. The van der Waals surface area contributed by atoms with Crippen molar-refractivity contribution in [1.29, 1.82) is 0 Å². The molecule has 6 nitrogen and oxygen atoms in total. The van der Waals surface area contributed by atoms with Crippen LogP contribution in [0.3, 0.4) is 0 Å². The summed E-state index contributed by atoms with van der Waals surface area (Å²) in [6.07, 6.45) is 3.11. The fourth-order valence-electron chi connectivity index (χ4n) is 4.37. The quantitative estimate of drug-likeness (QED) is 0.330. The van der Waals surface area contributed by atoms with Gasteiger partial charge in [0.25, 0.3) is 11.9 Å². The molecule has 0 saturated heterocycles. The summed E-state index contributed by atoms with van der Waals surface area (Å²) in [4.78, 5) is 24.5. The largest absolute Gasteiger partial charge is 0.459 e. The second kappa shape index (κ2) is 8.05. The Morgan fingerprint density at radius 1 is 0.618 bits per heavy atom. The summed E-state index contributed by atoms with van der Waals surface area (Å²) in [7, 11) is 0. The first kappa shape index (κ1) is 22.3. The minimum Gasteiger partial charge on any atom is -0.459 e. The third kappa shape index (κ3) is 4.09. The second-order valence-electron chi connectivity index (χ2n) is 10.1. The number of fused-ring (bicyclic) bond motifs is 4. The third-order valence-corrected chi connectivity index (χ3v) is 6.40. The van der Waals surface area contributed by atoms with E-state index in [1.807, 2.05) is 52.0 Å². The lowest BCUT2D eigenvalue weighted by Gasteiger charge is -2.30. The monoisotopic (exact) mass is 460 g/mol. The maximum atomic E-state index is 12.2. The third-order valence-electron chi connectivity index (χ3n) is 6.40. The number of para-hydroxylation sites is 2. The van der Waals surface area contributed by atoms with E-state index >= 15 is 0 Å². The van der Waals surface area contributed by atoms with Crippen LogP contribution in [0.25, 0.3) is 21.9 Å². The molecule has 4 heterocycles. The van der Waals surface area contributed by atoms with Gasteiger partial charge >= 0.3 is 0 Å². The topological polar surface area (TPSA) is 78.9 Å². The molecule has 0 unspecified atom stereocenters. The van der Waals surface area contributed by atoms with Crippen LogP contribution in [0.2, 0.25) is 0 Å². The van der Waals surface area contributed by atoms with Crippen molar-refractivity contribution in [3.63, 3.8) is 0 Å². The Bertz CT molecular complexity index is 1390. The van der Waals surface area contributed by atoms with E-state index < -0.39 is 0 Å². The summed E-state index contributed by atoms with van der Waals surface area (Å²) in [6, 6.07) is 14.6. The smallest absolute Gasteiger partial charge is 0.292 e. The fourth-order valence-corrected chi connectivity index (χ4v) is 4.37. The molecule has 0 bridgehead atoms. The predicted molar refractivity (Wildman–Crippen MR) is 131 cm³/mol. The van der Waals surface area contributed by atoms with Gasteiger partial charge in [0.05, 0.1) is 21.9 Å². The molecule has 176 valence electrons. The molecule has 0 fully saturated rings. The van der Waals surface area contributed by atoms with E-state index in [4.69, 9.17) is 18.3 Å². The maximum Gasteiger partial charge on any atom is 0.292 e. The molecular weight excluding hydrogens is 432 g/mol. The molecule has 6 heteroatoms. The molecule has 0 spiro atoms. The highest BCUT2D eigenvalue weighted by Crippen LogP contribution is 2.34. The number of rotatable bonds is 0. The van der Waals surface area contributed by atoms with Crippen molar-refractivity contribution in [2.24, 2.45) is 0 Å². The highest BCUT2D eigenvalue weighted by molar-refractivity contribution is 5.78.